The number of phenols is 4. The number of carbonyl (C=O) groups excluding carboxylic acids is 2. The number of hydrogen-bond donors (Lipinski definition) is 9. The maximum atomic E-state index is 13.8. The molecule has 0 aliphatic carbocycles. The Morgan fingerprint density at radius 1 is 0.652 bits per heavy atom. The topological polar surface area (TPSA) is 208 Å². The number of amides is 1. The van der Waals surface area contributed by atoms with Gasteiger partial charge in [-0.2, -0.15) is 0 Å². The van der Waals surface area contributed by atoms with Crippen LogP contribution in [0.1, 0.15) is 64.4 Å². The molecule has 1 amide bonds. The first kappa shape index (κ1) is 36.6. The molecule has 252 valence electrons. The van der Waals surface area contributed by atoms with Crippen LogP contribution >= 0.6 is 0 Å². The monoisotopic (exact) mass is 641 g/mol. The van der Waals surface area contributed by atoms with E-state index in [0.29, 0.717) is 0 Å². The van der Waals surface area contributed by atoms with Crippen molar-refractivity contribution in [1.82, 2.24) is 0 Å². The van der Waals surface area contributed by atoms with Crippen LogP contribution in [-0.2, 0) is 4.79 Å². The van der Waals surface area contributed by atoms with Crippen molar-refractivity contribution in [1.29, 1.82) is 0 Å². The van der Waals surface area contributed by atoms with Gasteiger partial charge in [-0.15, -0.1) is 0 Å². The number of Topliss-reactive ketones (excluding diaryl/α,β-unsaturated/α-hetero) is 1. The quantitative estimate of drug-likeness (QED) is 0.148. The molecule has 0 fully saturated rings. The summed E-state index contributed by atoms with van der Waals surface area (Å²) in [7, 11) is 0. The maximum absolute atomic E-state index is 13.8. The Labute approximate surface area is 268 Å². The minimum Gasteiger partial charge on any atom is -0.507 e. The molecule has 9 N–H and O–H groups in total. The van der Waals surface area contributed by atoms with Crippen LogP contribution in [0.4, 0.5) is 5.69 Å². The molecule has 0 aromatic heterocycles. The zero-order valence-electron chi connectivity index (χ0n) is 27.5. The number of hydrogen-bond acceptors (Lipinski definition) is 10. The number of aliphatic hydroxyl groups is 4. The second-order valence-corrected chi connectivity index (χ2v) is 12.9. The molecule has 2 aliphatic heterocycles. The third-order valence-corrected chi connectivity index (χ3v) is 9.49. The number of benzene rings is 2. The molecule has 0 saturated carbocycles. The first-order valence-corrected chi connectivity index (χ1v) is 15.4. The number of allylic oxidation sites excluding steroid dienone is 3. The van der Waals surface area contributed by atoms with E-state index in [1.165, 1.54) is 32.9 Å². The molecule has 11 heteroatoms. The fraction of sp³-hybridized carbons (Fsp3) is 0.486. The average molecular weight is 642 g/mol. The second-order valence-electron chi connectivity index (χ2n) is 12.9. The molecule has 2 aromatic rings. The van der Waals surface area contributed by atoms with Crippen molar-refractivity contribution in [2.24, 2.45) is 29.6 Å². The zero-order chi connectivity index (χ0) is 34.9. The predicted molar refractivity (Wildman–Crippen MR) is 175 cm³/mol. The summed E-state index contributed by atoms with van der Waals surface area (Å²) in [6, 6.07) is 1.000. The Morgan fingerprint density at radius 2 is 1.17 bits per heavy atom. The van der Waals surface area contributed by atoms with Crippen molar-refractivity contribution < 1.29 is 50.4 Å². The number of anilines is 1. The first-order chi connectivity index (χ1) is 21.3. The molecule has 4 bridgehead atoms. The summed E-state index contributed by atoms with van der Waals surface area (Å²) in [4.78, 5) is 26.8. The number of ketones is 1. The molecule has 9 atom stereocenters. The fourth-order valence-electron chi connectivity index (χ4n) is 6.14. The van der Waals surface area contributed by atoms with Crippen LogP contribution in [0.3, 0.4) is 0 Å². The van der Waals surface area contributed by atoms with Gasteiger partial charge in [0.2, 0.25) is 0 Å². The Balaban J connectivity index is 2.26. The summed E-state index contributed by atoms with van der Waals surface area (Å²) in [5.74, 6) is -7.30. The molecular formula is C35H47NO10. The van der Waals surface area contributed by atoms with Gasteiger partial charge < -0.3 is 46.2 Å². The van der Waals surface area contributed by atoms with Crippen LogP contribution in [-0.4, -0.2) is 77.0 Å². The zero-order valence-corrected chi connectivity index (χ0v) is 27.5. The van der Waals surface area contributed by atoms with E-state index in [1.54, 1.807) is 46.8 Å². The number of rotatable bonds is 0. The van der Waals surface area contributed by atoms with E-state index >= 15 is 0 Å². The highest BCUT2D eigenvalue weighted by Gasteiger charge is 2.37. The van der Waals surface area contributed by atoms with Crippen LogP contribution < -0.4 is 5.32 Å². The third-order valence-electron chi connectivity index (χ3n) is 9.49. The number of aliphatic hydroxyl groups excluding tert-OH is 4. The highest BCUT2D eigenvalue weighted by molar-refractivity contribution is 6.22. The Kier molecular flexibility index (Phi) is 11.3. The van der Waals surface area contributed by atoms with E-state index < -0.39 is 94.3 Å². The van der Waals surface area contributed by atoms with Crippen molar-refractivity contribution in [3.05, 3.63) is 52.6 Å². The number of nitrogens with one attached hydrogen (secondary N) is 1. The van der Waals surface area contributed by atoms with Crippen molar-refractivity contribution in [2.75, 3.05) is 5.32 Å². The SMILES string of the molecule is CC1=CC=C[C@H](C)[C@H](O)[C@@H](C)[C@@H](O)[C@@H](C)[C@H](O)[C@H](C)[C@@H](O)[C@H](C)C=C(C)C(=O)c2c(O)c(C)c(O)c3c(O)c(cc(O)c23)NC1=O. The van der Waals surface area contributed by atoms with Gasteiger partial charge in [0, 0.05) is 52.2 Å². The van der Waals surface area contributed by atoms with Crippen molar-refractivity contribution in [3.63, 3.8) is 0 Å². The van der Waals surface area contributed by atoms with Crippen LogP contribution in [0.5, 0.6) is 23.0 Å². The summed E-state index contributed by atoms with van der Waals surface area (Å²) in [6.07, 6.45) is 1.59. The molecule has 46 heavy (non-hydrogen) atoms. The summed E-state index contributed by atoms with van der Waals surface area (Å²) < 4.78 is 0. The van der Waals surface area contributed by atoms with Gasteiger partial charge in [-0.1, -0.05) is 58.9 Å². The largest absolute Gasteiger partial charge is 0.507 e. The lowest BCUT2D eigenvalue weighted by Crippen LogP contribution is -2.45. The molecular weight excluding hydrogens is 594 g/mol. The lowest BCUT2D eigenvalue weighted by molar-refractivity contribution is -0.112. The first-order valence-electron chi connectivity index (χ1n) is 15.4. The second kappa shape index (κ2) is 14.3. The lowest BCUT2D eigenvalue weighted by atomic mass is 9.77. The summed E-state index contributed by atoms with van der Waals surface area (Å²) in [5.41, 5.74) is -0.587. The van der Waals surface area contributed by atoms with E-state index in [4.69, 9.17) is 0 Å². The summed E-state index contributed by atoms with van der Waals surface area (Å²) in [5, 5.41) is 90.2. The van der Waals surface area contributed by atoms with Gasteiger partial charge >= 0.3 is 0 Å². The number of carbonyl (C=O) groups is 2. The minimum atomic E-state index is -1.19. The summed E-state index contributed by atoms with van der Waals surface area (Å²) in [6.45, 7) is 12.5. The molecule has 0 saturated heterocycles. The molecule has 11 nitrogen and oxygen atoms in total. The third kappa shape index (κ3) is 6.92. The number of aromatic hydroxyl groups is 4. The van der Waals surface area contributed by atoms with Gasteiger partial charge in [0.1, 0.15) is 17.2 Å². The molecule has 4 rings (SSSR count). The van der Waals surface area contributed by atoms with Crippen molar-refractivity contribution >= 4 is 28.2 Å². The smallest absolute Gasteiger partial charge is 0.251 e. The van der Waals surface area contributed by atoms with E-state index in [-0.39, 0.29) is 33.2 Å². The van der Waals surface area contributed by atoms with Gasteiger partial charge in [0.25, 0.3) is 5.91 Å². The van der Waals surface area contributed by atoms with Crippen molar-refractivity contribution in [3.8, 4) is 23.0 Å². The highest BCUT2D eigenvalue weighted by Crippen LogP contribution is 2.50. The van der Waals surface area contributed by atoms with E-state index in [1.807, 2.05) is 0 Å². The van der Waals surface area contributed by atoms with Crippen LogP contribution in [0.15, 0.2) is 41.5 Å². The Morgan fingerprint density at radius 3 is 1.74 bits per heavy atom. The Bertz CT molecular complexity index is 1590. The molecule has 0 radical (unpaired) electrons. The van der Waals surface area contributed by atoms with Gasteiger partial charge in [-0.3, -0.25) is 9.59 Å². The number of phenolic OH excluding ortho intramolecular Hbond substituents is 4. The van der Waals surface area contributed by atoms with Gasteiger partial charge in [0.05, 0.1) is 41.1 Å². The predicted octanol–water partition coefficient (Wildman–Crippen LogP) is 4.18. The normalized spacial score (nSPS) is 30.7. The van der Waals surface area contributed by atoms with Gasteiger partial charge in [-0.05, 0) is 26.3 Å². The van der Waals surface area contributed by atoms with E-state index in [2.05, 4.69) is 5.32 Å². The van der Waals surface area contributed by atoms with E-state index in [0.717, 1.165) is 6.07 Å². The van der Waals surface area contributed by atoms with Crippen LogP contribution in [0.2, 0.25) is 0 Å². The Hall–Kier alpha value is -3.90. The van der Waals surface area contributed by atoms with Gasteiger partial charge in [-0.25, -0.2) is 0 Å². The lowest BCUT2D eigenvalue weighted by Gasteiger charge is -2.36. The van der Waals surface area contributed by atoms with Crippen LogP contribution in [0.25, 0.3) is 10.8 Å². The van der Waals surface area contributed by atoms with E-state index in [9.17, 15) is 50.4 Å². The highest BCUT2D eigenvalue weighted by atomic mass is 16.3. The maximum Gasteiger partial charge on any atom is 0.251 e. The van der Waals surface area contributed by atoms with Gasteiger partial charge in [0.15, 0.2) is 11.5 Å². The van der Waals surface area contributed by atoms with Crippen LogP contribution in [0, 0.1) is 36.5 Å². The molecule has 2 heterocycles. The molecule has 0 spiro atoms. The molecule has 0 unspecified atom stereocenters. The standard InChI is InChI=1S/C35H47NO10/c1-14-10-9-11-15(2)35(46)36-22-13-23(37)24-25(32(43)21(8)33(44)26(24)34(22)45)29(40)17(4)12-16(3)28(39)19(6)31(42)20(7)30(41)18(5)27(14)38/h9-14,16,18-20,27-28,30-31,37-39,41-45H,1-8H3,(H,36,46)/t14-,16+,18+,19+,20+,27-,28-,30+,31+/m0/s1. The van der Waals surface area contributed by atoms with Crippen molar-refractivity contribution in [2.45, 2.75) is 79.8 Å². The average Bonchev–Trinajstić information content (AvgIpc) is 3.02. The minimum absolute atomic E-state index is 0.0525. The summed E-state index contributed by atoms with van der Waals surface area (Å²) >= 11 is 0. The molecule has 2 aromatic carbocycles. The number of fused-ring (bicyclic) bond motifs is 15. The molecule has 2 aliphatic rings. The fourth-order valence-corrected chi connectivity index (χ4v) is 6.14.